The van der Waals surface area contributed by atoms with Crippen molar-refractivity contribution in [2.45, 2.75) is 11.5 Å². The van der Waals surface area contributed by atoms with Crippen LogP contribution in [0.5, 0.6) is 0 Å². The summed E-state index contributed by atoms with van der Waals surface area (Å²) in [6, 6.07) is 7.33. The third kappa shape index (κ3) is 1.98. The van der Waals surface area contributed by atoms with Gasteiger partial charge in [0.25, 0.3) is 5.56 Å². The molecule has 0 saturated heterocycles. The first kappa shape index (κ1) is 10.9. The average Bonchev–Trinajstić information content (AvgIpc) is 2.77. The summed E-state index contributed by atoms with van der Waals surface area (Å²) in [5.74, 6) is 2.17. The van der Waals surface area contributed by atoms with Crippen LogP contribution in [0.25, 0.3) is 11.4 Å². The van der Waals surface area contributed by atoms with E-state index in [-0.39, 0.29) is 5.56 Å². The lowest BCUT2D eigenvalue weighted by Gasteiger charge is -2.03. The third-order valence-electron chi connectivity index (χ3n) is 2.68. The standard InChI is InChI=1S/C12H9ClN2OS/c13-8-3-1-2-7(4-8)11-14-10-6-17-5-9(10)12(16)15-11/h1-4H,5-6H2,(H,14,15,16). The molecule has 3 rings (SSSR count). The van der Waals surface area contributed by atoms with Crippen LogP contribution in [0.15, 0.2) is 29.1 Å². The van der Waals surface area contributed by atoms with E-state index in [1.165, 1.54) is 0 Å². The lowest BCUT2D eigenvalue weighted by Crippen LogP contribution is -2.15. The van der Waals surface area contributed by atoms with E-state index in [0.717, 1.165) is 28.3 Å². The van der Waals surface area contributed by atoms with E-state index in [2.05, 4.69) is 9.97 Å². The first-order valence-corrected chi connectivity index (χ1v) is 6.73. The number of halogens is 1. The fourth-order valence-electron chi connectivity index (χ4n) is 1.83. The zero-order valence-corrected chi connectivity index (χ0v) is 10.4. The summed E-state index contributed by atoms with van der Waals surface area (Å²) < 4.78 is 0. The molecule has 0 bridgehead atoms. The van der Waals surface area contributed by atoms with E-state index in [0.29, 0.717) is 10.8 Å². The van der Waals surface area contributed by atoms with Crippen LogP contribution in [0.2, 0.25) is 5.02 Å². The summed E-state index contributed by atoms with van der Waals surface area (Å²) in [5, 5.41) is 0.639. The van der Waals surface area contributed by atoms with Crippen LogP contribution in [0, 0.1) is 0 Å². The Morgan fingerprint density at radius 2 is 2.24 bits per heavy atom. The van der Waals surface area contributed by atoms with Gasteiger partial charge < -0.3 is 4.98 Å². The number of benzene rings is 1. The Balaban J connectivity index is 2.16. The van der Waals surface area contributed by atoms with Crippen LogP contribution in [0.4, 0.5) is 0 Å². The van der Waals surface area contributed by atoms with Crippen molar-refractivity contribution < 1.29 is 0 Å². The van der Waals surface area contributed by atoms with E-state index in [1.807, 2.05) is 12.1 Å². The van der Waals surface area contributed by atoms with Crippen LogP contribution in [0.1, 0.15) is 11.3 Å². The monoisotopic (exact) mass is 264 g/mol. The third-order valence-corrected chi connectivity index (χ3v) is 3.89. The van der Waals surface area contributed by atoms with Crippen LogP contribution >= 0.6 is 23.4 Å². The van der Waals surface area contributed by atoms with Gasteiger partial charge >= 0.3 is 0 Å². The molecule has 1 aliphatic rings. The van der Waals surface area contributed by atoms with E-state index in [4.69, 9.17) is 11.6 Å². The molecule has 2 heterocycles. The van der Waals surface area contributed by atoms with E-state index < -0.39 is 0 Å². The SMILES string of the molecule is O=c1[nH]c(-c2cccc(Cl)c2)nc2c1CSC2. The van der Waals surface area contributed by atoms with E-state index >= 15 is 0 Å². The summed E-state index contributed by atoms with van der Waals surface area (Å²) in [6.45, 7) is 0. The molecule has 0 saturated carbocycles. The maximum atomic E-state index is 11.8. The number of rotatable bonds is 1. The van der Waals surface area contributed by atoms with Crippen molar-refractivity contribution in [2.75, 3.05) is 0 Å². The highest BCUT2D eigenvalue weighted by atomic mass is 35.5. The minimum atomic E-state index is -0.0324. The van der Waals surface area contributed by atoms with E-state index in [1.54, 1.807) is 23.9 Å². The predicted molar refractivity (Wildman–Crippen MR) is 70.3 cm³/mol. The first-order valence-electron chi connectivity index (χ1n) is 5.20. The van der Waals surface area contributed by atoms with Gasteiger partial charge in [0.15, 0.2) is 0 Å². The zero-order chi connectivity index (χ0) is 11.8. The highest BCUT2D eigenvalue weighted by Crippen LogP contribution is 2.27. The molecule has 2 aromatic rings. The summed E-state index contributed by atoms with van der Waals surface area (Å²) in [6.07, 6.45) is 0. The maximum Gasteiger partial charge on any atom is 0.255 e. The first-order chi connectivity index (χ1) is 8.24. The Kier molecular flexibility index (Phi) is 2.68. The summed E-state index contributed by atoms with van der Waals surface area (Å²) >= 11 is 7.64. The molecule has 0 unspecified atom stereocenters. The Labute approximate surface area is 107 Å². The number of hydrogen-bond acceptors (Lipinski definition) is 3. The molecule has 5 heteroatoms. The molecule has 1 N–H and O–H groups in total. The Morgan fingerprint density at radius 3 is 3.06 bits per heavy atom. The quantitative estimate of drug-likeness (QED) is 0.862. The second-order valence-electron chi connectivity index (χ2n) is 3.84. The molecule has 1 aromatic heterocycles. The van der Waals surface area contributed by atoms with Crippen LogP contribution < -0.4 is 5.56 Å². The topological polar surface area (TPSA) is 45.8 Å². The van der Waals surface area contributed by atoms with Crippen molar-refractivity contribution in [3.8, 4) is 11.4 Å². The molecule has 86 valence electrons. The Hall–Kier alpha value is -1.26. The molecule has 3 nitrogen and oxygen atoms in total. The van der Waals surface area contributed by atoms with Gasteiger partial charge in [-0.1, -0.05) is 23.7 Å². The highest BCUT2D eigenvalue weighted by molar-refractivity contribution is 7.98. The second kappa shape index (κ2) is 4.20. The molecule has 1 aromatic carbocycles. The van der Waals surface area contributed by atoms with Gasteiger partial charge in [0, 0.05) is 27.7 Å². The van der Waals surface area contributed by atoms with Gasteiger partial charge in [0.05, 0.1) is 5.69 Å². The fourth-order valence-corrected chi connectivity index (χ4v) is 3.06. The molecule has 0 aliphatic carbocycles. The van der Waals surface area contributed by atoms with E-state index in [9.17, 15) is 4.79 Å². The van der Waals surface area contributed by atoms with Crippen LogP contribution in [0.3, 0.4) is 0 Å². The maximum absolute atomic E-state index is 11.8. The molecule has 0 radical (unpaired) electrons. The lowest BCUT2D eigenvalue weighted by molar-refractivity contribution is 1.03. The lowest BCUT2D eigenvalue weighted by atomic mass is 10.2. The van der Waals surface area contributed by atoms with Gasteiger partial charge in [-0.3, -0.25) is 4.79 Å². The zero-order valence-electron chi connectivity index (χ0n) is 8.87. The number of nitrogens with one attached hydrogen (secondary N) is 1. The van der Waals surface area contributed by atoms with Crippen LogP contribution in [-0.4, -0.2) is 9.97 Å². The van der Waals surface area contributed by atoms with Gasteiger partial charge in [-0.05, 0) is 12.1 Å². The molecule has 0 amide bonds. The predicted octanol–water partition coefficient (Wildman–Crippen LogP) is 2.84. The minimum Gasteiger partial charge on any atom is -0.306 e. The number of thioether (sulfide) groups is 1. The van der Waals surface area contributed by atoms with Crippen molar-refractivity contribution in [2.24, 2.45) is 0 Å². The summed E-state index contributed by atoms with van der Waals surface area (Å²) in [4.78, 5) is 19.2. The van der Waals surface area contributed by atoms with Gasteiger partial charge in [-0.15, -0.1) is 0 Å². The number of aromatic amines is 1. The average molecular weight is 265 g/mol. The molecular weight excluding hydrogens is 256 g/mol. The molecule has 17 heavy (non-hydrogen) atoms. The smallest absolute Gasteiger partial charge is 0.255 e. The number of H-pyrrole nitrogens is 1. The second-order valence-corrected chi connectivity index (χ2v) is 5.26. The minimum absolute atomic E-state index is 0.0324. The number of nitrogens with zero attached hydrogens (tertiary/aromatic N) is 1. The van der Waals surface area contributed by atoms with Crippen molar-refractivity contribution in [1.29, 1.82) is 0 Å². The van der Waals surface area contributed by atoms with Crippen molar-refractivity contribution in [3.05, 3.63) is 50.9 Å². The van der Waals surface area contributed by atoms with Crippen molar-refractivity contribution >= 4 is 23.4 Å². The summed E-state index contributed by atoms with van der Waals surface area (Å²) in [5.41, 5.74) is 2.51. The van der Waals surface area contributed by atoms with Crippen molar-refractivity contribution in [3.63, 3.8) is 0 Å². The molecule has 0 atom stereocenters. The fraction of sp³-hybridized carbons (Fsp3) is 0.167. The van der Waals surface area contributed by atoms with Gasteiger partial charge in [0.2, 0.25) is 0 Å². The van der Waals surface area contributed by atoms with Gasteiger partial charge in [0.1, 0.15) is 5.82 Å². The molecule has 0 fully saturated rings. The van der Waals surface area contributed by atoms with Gasteiger partial charge in [-0.25, -0.2) is 4.98 Å². The van der Waals surface area contributed by atoms with Crippen LogP contribution in [-0.2, 0) is 11.5 Å². The Morgan fingerprint density at radius 1 is 1.35 bits per heavy atom. The number of aromatic nitrogens is 2. The largest absolute Gasteiger partial charge is 0.306 e. The van der Waals surface area contributed by atoms with Gasteiger partial charge in [-0.2, -0.15) is 11.8 Å². The Bertz CT molecular complexity index is 639. The van der Waals surface area contributed by atoms with Crippen molar-refractivity contribution in [1.82, 2.24) is 9.97 Å². The highest BCUT2D eigenvalue weighted by Gasteiger charge is 2.17. The normalized spacial score (nSPS) is 13.7. The molecule has 1 aliphatic heterocycles. The number of hydrogen-bond donors (Lipinski definition) is 1. The molecular formula is C12H9ClN2OS. The summed E-state index contributed by atoms with van der Waals surface area (Å²) in [7, 11) is 0. The molecule has 0 spiro atoms. The number of fused-ring (bicyclic) bond motifs is 1.